The fraction of sp³-hybridized carbons (Fsp3) is 0.182. The maximum Gasteiger partial charge on any atom is 0.235 e. The molecule has 0 saturated heterocycles. The minimum Gasteiger partial charge on any atom is -0.341 e. The number of aromatic nitrogens is 4. The van der Waals surface area contributed by atoms with E-state index in [-0.39, 0.29) is 0 Å². The van der Waals surface area contributed by atoms with Crippen molar-refractivity contribution in [2.24, 2.45) is 0 Å². The zero-order valence-electron chi connectivity index (χ0n) is 16.5. The van der Waals surface area contributed by atoms with Crippen LogP contribution in [0.4, 0.5) is 29.4 Å². The highest BCUT2D eigenvalue weighted by atomic mass is 15.3. The van der Waals surface area contributed by atoms with Gasteiger partial charge in [-0.15, -0.1) is 0 Å². The van der Waals surface area contributed by atoms with Crippen molar-refractivity contribution in [3.63, 3.8) is 0 Å². The molecule has 7 nitrogen and oxygen atoms in total. The second-order valence-corrected chi connectivity index (χ2v) is 6.45. The Morgan fingerprint density at radius 2 is 1.45 bits per heavy atom. The van der Waals surface area contributed by atoms with Gasteiger partial charge in [0.1, 0.15) is 5.82 Å². The van der Waals surface area contributed by atoms with Crippen molar-refractivity contribution in [1.82, 2.24) is 19.9 Å². The van der Waals surface area contributed by atoms with Crippen molar-refractivity contribution in [2.45, 2.75) is 13.8 Å². The van der Waals surface area contributed by atoms with Crippen LogP contribution in [-0.4, -0.2) is 33.0 Å². The van der Waals surface area contributed by atoms with Crippen molar-refractivity contribution < 1.29 is 0 Å². The van der Waals surface area contributed by atoms with E-state index in [2.05, 4.69) is 55.4 Å². The molecule has 0 atom stereocenters. The van der Waals surface area contributed by atoms with Gasteiger partial charge in [0.05, 0.1) is 0 Å². The molecule has 2 aromatic carbocycles. The van der Waals surface area contributed by atoms with E-state index >= 15 is 0 Å². The van der Waals surface area contributed by atoms with Crippen molar-refractivity contribution in [3.05, 3.63) is 66.9 Å². The van der Waals surface area contributed by atoms with Gasteiger partial charge in [-0.25, -0.2) is 4.98 Å². The lowest BCUT2D eigenvalue weighted by molar-refractivity contribution is 0.815. The number of anilines is 5. The SMILES string of the molecule is CCN(CC)c1nc(Nc2ccccc2)nc(Nc2nccc3ccccc23)n1. The van der Waals surface area contributed by atoms with Gasteiger partial charge in [-0.2, -0.15) is 15.0 Å². The lowest BCUT2D eigenvalue weighted by Crippen LogP contribution is -2.25. The van der Waals surface area contributed by atoms with Gasteiger partial charge in [-0.3, -0.25) is 0 Å². The molecular formula is C22H23N7. The summed E-state index contributed by atoms with van der Waals surface area (Å²) in [6, 6.07) is 19.9. The van der Waals surface area contributed by atoms with Crippen LogP contribution in [0.15, 0.2) is 66.9 Å². The van der Waals surface area contributed by atoms with Crippen molar-refractivity contribution >= 4 is 40.1 Å². The molecule has 2 heterocycles. The molecule has 0 fully saturated rings. The Labute approximate surface area is 169 Å². The van der Waals surface area contributed by atoms with E-state index in [9.17, 15) is 0 Å². The largest absolute Gasteiger partial charge is 0.341 e. The molecule has 7 heteroatoms. The van der Waals surface area contributed by atoms with Crippen LogP contribution in [0, 0.1) is 0 Å². The molecule has 0 aliphatic rings. The highest BCUT2D eigenvalue weighted by Gasteiger charge is 2.13. The minimum atomic E-state index is 0.448. The van der Waals surface area contributed by atoms with Crippen LogP contribution in [0.25, 0.3) is 10.8 Å². The molecule has 2 N–H and O–H groups in total. The van der Waals surface area contributed by atoms with Gasteiger partial charge in [0.25, 0.3) is 0 Å². The fourth-order valence-corrected chi connectivity index (χ4v) is 3.10. The summed E-state index contributed by atoms with van der Waals surface area (Å²) in [5, 5.41) is 8.65. The zero-order valence-corrected chi connectivity index (χ0v) is 16.5. The fourth-order valence-electron chi connectivity index (χ4n) is 3.10. The molecule has 0 aliphatic heterocycles. The van der Waals surface area contributed by atoms with Gasteiger partial charge in [-0.05, 0) is 37.4 Å². The average Bonchev–Trinajstić information content (AvgIpc) is 2.76. The number of nitrogens with zero attached hydrogens (tertiary/aromatic N) is 5. The van der Waals surface area contributed by atoms with Crippen LogP contribution in [0.2, 0.25) is 0 Å². The van der Waals surface area contributed by atoms with E-state index in [1.807, 2.05) is 54.6 Å². The number of para-hydroxylation sites is 1. The summed E-state index contributed by atoms with van der Waals surface area (Å²) in [6.45, 7) is 5.77. The number of benzene rings is 2. The summed E-state index contributed by atoms with van der Waals surface area (Å²) in [5.41, 5.74) is 0.915. The number of rotatable bonds is 7. The van der Waals surface area contributed by atoms with E-state index in [1.54, 1.807) is 6.20 Å². The van der Waals surface area contributed by atoms with Crippen LogP contribution in [0.1, 0.15) is 13.8 Å². The number of fused-ring (bicyclic) bond motifs is 1. The van der Waals surface area contributed by atoms with E-state index in [4.69, 9.17) is 0 Å². The summed E-state index contributed by atoms with van der Waals surface area (Å²) in [5.74, 6) is 2.26. The van der Waals surface area contributed by atoms with Gasteiger partial charge in [0, 0.05) is 30.4 Å². The summed E-state index contributed by atoms with van der Waals surface area (Å²) in [6.07, 6.45) is 1.78. The zero-order chi connectivity index (χ0) is 20.1. The van der Waals surface area contributed by atoms with Crippen LogP contribution < -0.4 is 15.5 Å². The number of hydrogen-bond donors (Lipinski definition) is 2. The van der Waals surface area contributed by atoms with Crippen LogP contribution in [-0.2, 0) is 0 Å². The Morgan fingerprint density at radius 3 is 2.21 bits per heavy atom. The molecule has 0 bridgehead atoms. The van der Waals surface area contributed by atoms with Gasteiger partial charge in [-0.1, -0.05) is 42.5 Å². The van der Waals surface area contributed by atoms with Crippen LogP contribution in [0.5, 0.6) is 0 Å². The molecule has 2 aromatic heterocycles. The Morgan fingerprint density at radius 1 is 0.759 bits per heavy atom. The standard InChI is InChI=1S/C22H23N7/c1-3-29(4-2)22-27-20(24-17-11-6-5-7-12-17)26-21(28-22)25-19-18-13-9-8-10-16(18)14-15-23-19/h5-15H,3-4H2,1-2H3,(H2,23,24,25,26,27,28). The van der Waals surface area contributed by atoms with E-state index in [0.717, 1.165) is 29.5 Å². The highest BCUT2D eigenvalue weighted by molar-refractivity contribution is 5.92. The minimum absolute atomic E-state index is 0.448. The summed E-state index contributed by atoms with van der Waals surface area (Å²) in [7, 11) is 0. The van der Waals surface area contributed by atoms with Gasteiger partial charge in [0.2, 0.25) is 17.8 Å². The Bertz CT molecular complexity index is 1090. The molecule has 29 heavy (non-hydrogen) atoms. The maximum absolute atomic E-state index is 4.63. The lowest BCUT2D eigenvalue weighted by Gasteiger charge is -2.20. The first-order valence-corrected chi connectivity index (χ1v) is 9.70. The lowest BCUT2D eigenvalue weighted by atomic mass is 10.1. The number of nitrogens with one attached hydrogen (secondary N) is 2. The summed E-state index contributed by atoms with van der Waals surface area (Å²) in [4.78, 5) is 20.4. The molecule has 0 saturated carbocycles. The average molecular weight is 385 g/mol. The first-order chi connectivity index (χ1) is 14.3. The monoisotopic (exact) mass is 385 g/mol. The van der Waals surface area contributed by atoms with Gasteiger partial charge < -0.3 is 15.5 Å². The van der Waals surface area contributed by atoms with Crippen LogP contribution in [0.3, 0.4) is 0 Å². The molecule has 4 rings (SSSR count). The van der Waals surface area contributed by atoms with E-state index in [0.29, 0.717) is 23.7 Å². The third kappa shape index (κ3) is 4.24. The van der Waals surface area contributed by atoms with Crippen molar-refractivity contribution in [3.8, 4) is 0 Å². The Balaban J connectivity index is 1.73. The molecule has 146 valence electrons. The third-order valence-electron chi connectivity index (χ3n) is 4.60. The summed E-state index contributed by atoms with van der Waals surface area (Å²) >= 11 is 0. The highest BCUT2D eigenvalue weighted by Crippen LogP contribution is 2.24. The van der Waals surface area contributed by atoms with Crippen LogP contribution >= 0.6 is 0 Å². The predicted octanol–water partition coefficient (Wildman–Crippen LogP) is 4.75. The smallest absolute Gasteiger partial charge is 0.235 e. The quantitative estimate of drug-likeness (QED) is 0.475. The second-order valence-electron chi connectivity index (χ2n) is 6.45. The molecule has 0 unspecified atom stereocenters. The van der Waals surface area contributed by atoms with E-state index < -0.39 is 0 Å². The third-order valence-corrected chi connectivity index (χ3v) is 4.60. The Kier molecular flexibility index (Phi) is 5.47. The predicted molar refractivity (Wildman–Crippen MR) is 118 cm³/mol. The molecule has 0 spiro atoms. The maximum atomic E-state index is 4.63. The second kappa shape index (κ2) is 8.52. The van der Waals surface area contributed by atoms with Crippen molar-refractivity contribution in [2.75, 3.05) is 28.6 Å². The molecule has 0 amide bonds. The number of pyridine rings is 1. The molecule has 0 aliphatic carbocycles. The van der Waals surface area contributed by atoms with Gasteiger partial charge in [0.15, 0.2) is 0 Å². The normalized spacial score (nSPS) is 10.7. The van der Waals surface area contributed by atoms with E-state index in [1.165, 1.54) is 0 Å². The van der Waals surface area contributed by atoms with Crippen molar-refractivity contribution in [1.29, 1.82) is 0 Å². The number of hydrogen-bond acceptors (Lipinski definition) is 7. The molecular weight excluding hydrogens is 362 g/mol. The van der Waals surface area contributed by atoms with Gasteiger partial charge >= 0.3 is 0 Å². The molecule has 4 aromatic rings. The molecule has 0 radical (unpaired) electrons. The first-order valence-electron chi connectivity index (χ1n) is 9.70. The first kappa shape index (κ1) is 18.6. The Hall–Kier alpha value is -3.74. The topological polar surface area (TPSA) is 78.9 Å². The summed E-state index contributed by atoms with van der Waals surface area (Å²) < 4.78 is 0.